The van der Waals surface area contributed by atoms with Gasteiger partial charge in [0.05, 0.1) is 28.6 Å². The Kier molecular flexibility index (Phi) is 2.89. The molecule has 1 aromatic carbocycles. The summed E-state index contributed by atoms with van der Waals surface area (Å²) in [6.07, 6.45) is -2.23. The molecule has 1 fully saturated rings. The summed E-state index contributed by atoms with van der Waals surface area (Å²) in [7, 11) is 0. The minimum Gasteiger partial charge on any atom is -0.493 e. The fourth-order valence-corrected chi connectivity index (χ4v) is 3.93. The molecule has 1 aliphatic heterocycles. The number of benzene rings is 1. The van der Waals surface area contributed by atoms with Crippen LogP contribution >= 0.6 is 0 Å². The zero-order valence-corrected chi connectivity index (χ0v) is 12.3. The highest BCUT2D eigenvalue weighted by Gasteiger charge is 2.43. The largest absolute Gasteiger partial charge is 0.493 e. The van der Waals surface area contributed by atoms with Crippen LogP contribution in [0.3, 0.4) is 0 Å². The van der Waals surface area contributed by atoms with Crippen LogP contribution in [0.25, 0.3) is 5.69 Å². The summed E-state index contributed by atoms with van der Waals surface area (Å²) >= 11 is 0. The molecular formula is C16H12F3N3O2. The van der Waals surface area contributed by atoms with Crippen molar-refractivity contribution in [2.24, 2.45) is 0 Å². The molecule has 2 atom stereocenters. The van der Waals surface area contributed by atoms with Crippen molar-refractivity contribution < 1.29 is 18.3 Å². The van der Waals surface area contributed by atoms with E-state index in [1.807, 2.05) is 0 Å². The zero-order valence-electron chi connectivity index (χ0n) is 12.3. The van der Waals surface area contributed by atoms with E-state index in [1.54, 1.807) is 0 Å². The van der Waals surface area contributed by atoms with E-state index in [1.165, 1.54) is 16.7 Å². The zero-order chi connectivity index (χ0) is 17.2. The second kappa shape index (κ2) is 4.66. The molecule has 5 nitrogen and oxygen atoms in total. The molecular weight excluding hydrogens is 323 g/mol. The number of nitrogens with zero attached hydrogens (tertiary/aromatic N) is 3. The molecule has 4 rings (SSSR count). The topological polar surface area (TPSA) is 71.0 Å². The van der Waals surface area contributed by atoms with E-state index < -0.39 is 23.0 Å². The van der Waals surface area contributed by atoms with Gasteiger partial charge in [-0.05, 0) is 37.5 Å². The van der Waals surface area contributed by atoms with Crippen LogP contribution in [0.1, 0.15) is 48.0 Å². The molecule has 124 valence electrons. The number of rotatable bonds is 1. The lowest BCUT2D eigenvalue weighted by Crippen LogP contribution is -2.25. The predicted octanol–water partition coefficient (Wildman–Crippen LogP) is 3.06. The SMILES string of the molecule is N#Cc1ccc(-n2c(O)c3n(c2=O)C2CCC3C2)cc1C(F)(F)F. The lowest BCUT2D eigenvalue weighted by atomic mass is 10.1. The summed E-state index contributed by atoms with van der Waals surface area (Å²) in [6, 6.07) is 4.49. The lowest BCUT2D eigenvalue weighted by Gasteiger charge is -2.12. The smallest absolute Gasteiger partial charge is 0.417 e. The second-order valence-corrected chi connectivity index (χ2v) is 6.20. The summed E-state index contributed by atoms with van der Waals surface area (Å²) in [5, 5.41) is 19.3. The third-order valence-electron chi connectivity index (χ3n) is 4.94. The predicted molar refractivity (Wildman–Crippen MR) is 77.0 cm³/mol. The number of imidazole rings is 1. The van der Waals surface area contributed by atoms with Crippen LogP contribution in [0.15, 0.2) is 23.0 Å². The Bertz CT molecular complexity index is 949. The number of halogens is 3. The van der Waals surface area contributed by atoms with Crippen LogP contribution in [-0.4, -0.2) is 14.2 Å². The Morgan fingerprint density at radius 1 is 1.29 bits per heavy atom. The van der Waals surface area contributed by atoms with Crippen LogP contribution < -0.4 is 5.69 Å². The average molecular weight is 335 g/mol. The van der Waals surface area contributed by atoms with Crippen molar-refractivity contribution in [3.8, 4) is 17.6 Å². The van der Waals surface area contributed by atoms with Crippen molar-refractivity contribution in [3.05, 3.63) is 45.5 Å². The number of nitriles is 1. The summed E-state index contributed by atoms with van der Waals surface area (Å²) in [4.78, 5) is 12.6. The molecule has 1 aromatic heterocycles. The highest BCUT2D eigenvalue weighted by molar-refractivity contribution is 5.50. The maximum Gasteiger partial charge on any atom is 0.417 e. The van der Waals surface area contributed by atoms with Crippen molar-refractivity contribution in [3.63, 3.8) is 0 Å². The van der Waals surface area contributed by atoms with Crippen LogP contribution in [0.2, 0.25) is 0 Å². The van der Waals surface area contributed by atoms with Crippen molar-refractivity contribution in [2.75, 3.05) is 0 Å². The molecule has 2 bridgehead atoms. The average Bonchev–Trinajstić information content (AvgIpc) is 3.20. The fraction of sp³-hybridized carbons (Fsp3) is 0.375. The molecule has 2 heterocycles. The van der Waals surface area contributed by atoms with Gasteiger partial charge < -0.3 is 5.11 Å². The minimum absolute atomic E-state index is 0.00474. The molecule has 1 aliphatic carbocycles. The van der Waals surface area contributed by atoms with Gasteiger partial charge >= 0.3 is 11.9 Å². The van der Waals surface area contributed by atoms with Gasteiger partial charge in [-0.1, -0.05) is 0 Å². The molecule has 0 amide bonds. The first-order valence-electron chi connectivity index (χ1n) is 7.50. The molecule has 2 unspecified atom stereocenters. The molecule has 1 saturated carbocycles. The van der Waals surface area contributed by atoms with E-state index in [4.69, 9.17) is 5.26 Å². The van der Waals surface area contributed by atoms with Gasteiger partial charge in [0, 0.05) is 12.0 Å². The van der Waals surface area contributed by atoms with Crippen molar-refractivity contribution in [1.29, 1.82) is 5.26 Å². The van der Waals surface area contributed by atoms with E-state index in [0.29, 0.717) is 5.69 Å². The molecule has 8 heteroatoms. The molecule has 24 heavy (non-hydrogen) atoms. The monoisotopic (exact) mass is 335 g/mol. The number of alkyl halides is 3. The van der Waals surface area contributed by atoms with E-state index in [2.05, 4.69) is 0 Å². The first kappa shape index (κ1) is 14.9. The first-order chi connectivity index (χ1) is 11.3. The molecule has 0 spiro atoms. The molecule has 0 saturated heterocycles. The van der Waals surface area contributed by atoms with Gasteiger partial charge in [0.15, 0.2) is 0 Å². The Morgan fingerprint density at radius 3 is 2.67 bits per heavy atom. The van der Waals surface area contributed by atoms with E-state index in [-0.39, 0.29) is 23.5 Å². The van der Waals surface area contributed by atoms with E-state index >= 15 is 0 Å². The summed E-state index contributed by atoms with van der Waals surface area (Å²) in [5.74, 6) is -0.227. The maximum absolute atomic E-state index is 13.1. The molecule has 2 aliphatic rings. The second-order valence-electron chi connectivity index (χ2n) is 6.20. The summed E-state index contributed by atoms with van der Waals surface area (Å²) in [5.41, 5.74) is -1.76. The number of aromatic hydroxyl groups is 1. The van der Waals surface area contributed by atoms with Gasteiger partial charge in [-0.2, -0.15) is 18.4 Å². The molecule has 1 N–H and O–H groups in total. The van der Waals surface area contributed by atoms with Gasteiger partial charge in [-0.3, -0.25) is 4.57 Å². The van der Waals surface area contributed by atoms with Crippen LogP contribution in [-0.2, 0) is 6.18 Å². The Morgan fingerprint density at radius 2 is 2.04 bits per heavy atom. The quantitative estimate of drug-likeness (QED) is 0.871. The first-order valence-corrected chi connectivity index (χ1v) is 7.50. The number of fused-ring (bicyclic) bond motifs is 5. The van der Waals surface area contributed by atoms with Gasteiger partial charge in [0.25, 0.3) is 0 Å². The Hall–Kier alpha value is -2.69. The Balaban J connectivity index is 1.94. The van der Waals surface area contributed by atoms with E-state index in [9.17, 15) is 23.1 Å². The van der Waals surface area contributed by atoms with Gasteiger partial charge in [0.2, 0.25) is 5.88 Å². The number of hydrogen-bond acceptors (Lipinski definition) is 3. The molecule has 2 aromatic rings. The fourth-order valence-electron chi connectivity index (χ4n) is 3.93. The lowest BCUT2D eigenvalue weighted by molar-refractivity contribution is -0.137. The van der Waals surface area contributed by atoms with Crippen LogP contribution in [0.4, 0.5) is 13.2 Å². The third-order valence-corrected chi connectivity index (χ3v) is 4.94. The highest BCUT2D eigenvalue weighted by atomic mass is 19.4. The summed E-state index contributed by atoms with van der Waals surface area (Å²) < 4.78 is 41.8. The number of hydrogen-bond donors (Lipinski definition) is 1. The molecule has 0 radical (unpaired) electrons. The Labute approximate surface area is 134 Å². The van der Waals surface area contributed by atoms with Crippen molar-refractivity contribution in [2.45, 2.75) is 37.4 Å². The maximum atomic E-state index is 13.1. The minimum atomic E-state index is -4.72. The highest BCUT2D eigenvalue weighted by Crippen LogP contribution is 2.51. The van der Waals surface area contributed by atoms with Crippen molar-refractivity contribution in [1.82, 2.24) is 9.13 Å². The van der Waals surface area contributed by atoms with E-state index in [0.717, 1.165) is 36.0 Å². The standard InChI is InChI=1S/C16H12F3N3O2/c17-16(18,19)12-6-11(4-2-9(12)7-20)22-14(23)13-8-1-3-10(5-8)21(13)15(22)24/h2,4,6,8,10,23H,1,3,5H2. The third kappa shape index (κ3) is 1.84. The van der Waals surface area contributed by atoms with Gasteiger partial charge in [-0.25, -0.2) is 9.36 Å². The van der Waals surface area contributed by atoms with Crippen molar-refractivity contribution >= 4 is 0 Å². The normalized spacial score (nSPS) is 21.8. The van der Waals surface area contributed by atoms with Crippen LogP contribution in [0, 0.1) is 11.3 Å². The van der Waals surface area contributed by atoms with Gasteiger partial charge in [-0.15, -0.1) is 0 Å². The number of aromatic nitrogens is 2. The van der Waals surface area contributed by atoms with Gasteiger partial charge in [0.1, 0.15) is 0 Å². The van der Waals surface area contributed by atoms with Crippen LogP contribution in [0.5, 0.6) is 5.88 Å². The summed E-state index contributed by atoms with van der Waals surface area (Å²) in [6.45, 7) is 0.